The largest absolute Gasteiger partial charge is 0.508 e. The van der Waals surface area contributed by atoms with Crippen LogP contribution in [0.3, 0.4) is 0 Å². The number of nitrogens with two attached hydrogens (primary N) is 4. The Balaban J connectivity index is 1.60. The molecule has 1 heterocycles. The van der Waals surface area contributed by atoms with Gasteiger partial charge in [-0.25, -0.2) is 0 Å². The van der Waals surface area contributed by atoms with Gasteiger partial charge < -0.3 is 128 Å². The number of carboxylic acids is 2. The number of amides is 16. The molecule has 29 N–H and O–H groups in total. The van der Waals surface area contributed by atoms with Crippen LogP contribution in [0.5, 0.6) is 5.75 Å². The number of carbonyl (C=O) groups is 18. The minimum Gasteiger partial charge on any atom is -0.508 e. The summed E-state index contributed by atoms with van der Waals surface area (Å²) in [4.78, 5) is 243. The number of nitrogens with one attached hydrogen (secondary N) is 16. The zero-order chi connectivity index (χ0) is 84.3. The number of rotatable bonds is 48. The molecule has 4 rings (SSSR count). The van der Waals surface area contributed by atoms with Crippen molar-refractivity contribution < 1.29 is 112 Å². The van der Waals surface area contributed by atoms with Gasteiger partial charge in [0, 0.05) is 62.7 Å². The SMILES string of the molecule is CC(=O)N[C@@H](CO)C(=O)N[C@@H](CO)C(=O)N[C@@H](CCC(=O)O)C(=O)N[C@@H](CCC(=O)O)C(=O)N[C@@H](Cc1ccccc1)C(=O)N[C@@H](C)C(=O)N[C@@H](CCCNC(=N)N)C(=O)N[C@@H](CC(N)=O)C(=O)N[C@@H](Cc1c[nH]c2ccccc12)C(=O)N[C@@H](C)C(=O)N[C@@H](C)C(=O)N[C@@H](Cc1ccc(O)cc1)C(=O)N[C@@H](CC(N)=O)C(N)=O. The summed E-state index contributed by atoms with van der Waals surface area (Å²) in [5.74, 6) is -21.3. The number of aliphatic carboxylic acids is 2. The van der Waals surface area contributed by atoms with Crippen molar-refractivity contribution in [1.82, 2.24) is 79.4 Å². The van der Waals surface area contributed by atoms with Crippen molar-refractivity contribution in [3.05, 3.63) is 102 Å². The van der Waals surface area contributed by atoms with Gasteiger partial charge in [0.15, 0.2) is 5.96 Å². The summed E-state index contributed by atoms with van der Waals surface area (Å²) in [6.45, 7) is 2.40. The van der Waals surface area contributed by atoms with Crippen LogP contribution >= 0.6 is 0 Å². The Kier molecular flexibility index (Phi) is 37.1. The normalized spacial score (nSPS) is 14.4. The smallest absolute Gasteiger partial charge is 0.303 e. The van der Waals surface area contributed by atoms with Crippen molar-refractivity contribution in [1.29, 1.82) is 5.41 Å². The molecule has 0 aliphatic rings. The second-order valence-electron chi connectivity index (χ2n) is 26.1. The molecule has 0 unspecified atom stereocenters. The molecule has 0 saturated carbocycles. The standard InChI is InChI=1S/C70H96N20O23/c1-33(58(102)78-34(2)60(104)86-48(26-38-16-18-40(94)19-17-38)66(110)85-46(57(73)101)28-53(71)95)79-65(109)49(27-39-30-77-42-14-9-8-13-41(39)42)88-67(111)50(29-54(72)96)89-61(105)43(15-10-24-76-70(74)75)82-59(103)35(3)80-64(108)47(25-37-11-6-5-7-12-37)87-63(107)45(21-23-56(99)100)83-62(106)44(20-22-55(97)98)84-69(113)52(32-92)90-68(112)51(31-91)81-36(4)93/h5-9,11-14,16-19,30,33-35,43-52,77,91-92,94H,10,15,20-29,31-32H2,1-4H3,(H2,71,95)(H2,72,96)(H2,73,101)(H,78,102)(H,79,109)(H,80,108)(H,81,93)(H,82,103)(H,83,106)(H,84,113)(H,85,110)(H,86,104)(H,87,107)(H,88,111)(H,89,105)(H,90,112)(H,97,98)(H,99,100)(H4,74,75,76)/t33-,34-,35-,43-,44-,45-,46-,47-,48-,49-,50-,51-,52-/m0/s1. The van der Waals surface area contributed by atoms with Crippen LogP contribution in [0.2, 0.25) is 0 Å². The Morgan fingerprint density at radius 3 is 1.23 bits per heavy atom. The van der Waals surface area contributed by atoms with Gasteiger partial charge >= 0.3 is 11.9 Å². The van der Waals surface area contributed by atoms with Crippen molar-refractivity contribution in [3.8, 4) is 5.75 Å². The molecular formula is C70H96N20O23. The monoisotopic (exact) mass is 1580 g/mol. The summed E-state index contributed by atoms with van der Waals surface area (Å²) < 4.78 is 0. The highest BCUT2D eigenvalue weighted by molar-refractivity contribution is 6.01. The summed E-state index contributed by atoms with van der Waals surface area (Å²) in [7, 11) is 0. The lowest BCUT2D eigenvalue weighted by molar-refractivity contribution is -0.140. The lowest BCUT2D eigenvalue weighted by Crippen LogP contribution is -2.61. The predicted molar refractivity (Wildman–Crippen MR) is 396 cm³/mol. The van der Waals surface area contributed by atoms with E-state index in [0.717, 1.165) is 13.8 Å². The molecule has 0 aliphatic carbocycles. The number of carboxylic acid groups (broad SMARTS) is 2. The lowest BCUT2D eigenvalue weighted by Gasteiger charge is -2.27. The Bertz CT molecular complexity index is 4110. The zero-order valence-corrected chi connectivity index (χ0v) is 61.9. The van der Waals surface area contributed by atoms with E-state index >= 15 is 0 Å². The summed E-state index contributed by atoms with van der Waals surface area (Å²) in [6, 6.07) is -1.99. The molecule has 113 heavy (non-hydrogen) atoms. The first-order valence-electron chi connectivity index (χ1n) is 35.2. The first kappa shape index (κ1) is 92.0. The second-order valence-corrected chi connectivity index (χ2v) is 26.1. The fourth-order valence-corrected chi connectivity index (χ4v) is 10.9. The number of benzene rings is 3. The molecule has 16 amide bonds. The highest BCUT2D eigenvalue weighted by atomic mass is 16.4. The van der Waals surface area contributed by atoms with E-state index in [9.17, 15) is 112 Å². The van der Waals surface area contributed by atoms with E-state index in [1.807, 2.05) is 0 Å². The van der Waals surface area contributed by atoms with Crippen LogP contribution in [0.1, 0.15) is 95.8 Å². The first-order valence-corrected chi connectivity index (χ1v) is 35.2. The maximum absolute atomic E-state index is 14.6. The van der Waals surface area contributed by atoms with Gasteiger partial charge in [-0.2, -0.15) is 0 Å². The highest BCUT2D eigenvalue weighted by Crippen LogP contribution is 2.20. The van der Waals surface area contributed by atoms with Crippen molar-refractivity contribution in [3.63, 3.8) is 0 Å². The van der Waals surface area contributed by atoms with Gasteiger partial charge in [0.1, 0.15) is 84.3 Å². The number of aliphatic hydroxyl groups is 2. The van der Waals surface area contributed by atoms with Crippen molar-refractivity contribution in [2.24, 2.45) is 22.9 Å². The molecule has 4 aromatic rings. The molecule has 0 spiro atoms. The summed E-state index contributed by atoms with van der Waals surface area (Å²) >= 11 is 0. The van der Waals surface area contributed by atoms with Gasteiger partial charge in [0.25, 0.3) is 0 Å². The van der Waals surface area contributed by atoms with E-state index in [1.165, 1.54) is 56.4 Å². The molecule has 0 radical (unpaired) electrons. The number of carbonyl (C=O) groups excluding carboxylic acids is 16. The number of para-hydroxylation sites is 1. The number of aromatic amines is 1. The van der Waals surface area contributed by atoms with Crippen LogP contribution in [0.4, 0.5) is 0 Å². The van der Waals surface area contributed by atoms with Crippen LogP contribution in [0.15, 0.2) is 85.1 Å². The number of phenolic OH excluding ortho intramolecular Hbond substituents is 1. The summed E-state index contributed by atoms with van der Waals surface area (Å²) in [5.41, 5.74) is 23.5. The average molecular weight is 1590 g/mol. The number of phenols is 1. The molecule has 0 aliphatic heterocycles. The third-order valence-corrected chi connectivity index (χ3v) is 16.9. The molecule has 0 fully saturated rings. The topological polar surface area (TPSA) is 721 Å². The third-order valence-electron chi connectivity index (χ3n) is 16.9. The number of hydrogen-bond donors (Lipinski definition) is 25. The van der Waals surface area contributed by atoms with Gasteiger partial charge in [-0.1, -0.05) is 60.7 Å². The predicted octanol–water partition coefficient (Wildman–Crippen LogP) is -8.50. The summed E-state index contributed by atoms with van der Waals surface area (Å²) in [5, 5.41) is 89.7. The third kappa shape index (κ3) is 32.0. The molecule has 43 heteroatoms. The van der Waals surface area contributed by atoms with Gasteiger partial charge in [-0.3, -0.25) is 91.7 Å². The number of fused-ring (bicyclic) bond motifs is 1. The fourth-order valence-electron chi connectivity index (χ4n) is 10.9. The van der Waals surface area contributed by atoms with Crippen molar-refractivity contribution in [2.75, 3.05) is 19.8 Å². The quantitative estimate of drug-likeness (QED) is 0.0111. The summed E-state index contributed by atoms with van der Waals surface area (Å²) in [6.07, 6.45) is -4.54. The molecule has 3 aromatic carbocycles. The van der Waals surface area contributed by atoms with E-state index in [-0.39, 0.29) is 44.4 Å². The first-order chi connectivity index (χ1) is 53.3. The van der Waals surface area contributed by atoms with E-state index in [0.29, 0.717) is 27.6 Å². The molecule has 0 bridgehead atoms. The fraction of sp³-hybridized carbons (Fsp3) is 0.443. The number of primary amides is 3. The number of aliphatic hydroxyl groups excluding tert-OH is 2. The molecular weight excluding hydrogens is 1490 g/mol. The molecule has 614 valence electrons. The van der Waals surface area contributed by atoms with Crippen LogP contribution in [-0.4, -0.2) is 241 Å². The Morgan fingerprint density at radius 2 is 0.761 bits per heavy atom. The Morgan fingerprint density at radius 1 is 0.407 bits per heavy atom. The molecule has 0 saturated heterocycles. The number of guanidine groups is 1. The zero-order valence-electron chi connectivity index (χ0n) is 61.9. The lowest BCUT2D eigenvalue weighted by atomic mass is 10.0. The van der Waals surface area contributed by atoms with Crippen molar-refractivity contribution >= 4 is 123 Å². The van der Waals surface area contributed by atoms with Crippen LogP contribution in [0.25, 0.3) is 10.9 Å². The van der Waals surface area contributed by atoms with Crippen LogP contribution in [0, 0.1) is 5.41 Å². The number of aromatic hydroxyl groups is 1. The minimum absolute atomic E-state index is 0.0592. The molecule has 13 atom stereocenters. The molecule has 1 aromatic heterocycles. The van der Waals surface area contributed by atoms with E-state index in [2.05, 4.69) is 79.4 Å². The number of hydrogen-bond acceptors (Lipinski definition) is 22. The highest BCUT2D eigenvalue weighted by Gasteiger charge is 2.38. The maximum Gasteiger partial charge on any atom is 0.303 e. The molecule has 43 nitrogen and oxygen atoms in total. The van der Waals surface area contributed by atoms with Gasteiger partial charge in [0.05, 0.1) is 26.1 Å². The van der Waals surface area contributed by atoms with E-state index in [4.69, 9.17) is 28.3 Å². The average Bonchev–Trinajstić information content (AvgIpc) is 1.71. The van der Waals surface area contributed by atoms with E-state index < -0.39 is 243 Å². The number of H-pyrrole nitrogens is 1. The maximum atomic E-state index is 14.6. The van der Waals surface area contributed by atoms with E-state index in [1.54, 1.807) is 42.5 Å². The number of aromatic nitrogens is 1. The minimum atomic E-state index is -1.95. The van der Waals surface area contributed by atoms with Gasteiger partial charge in [-0.15, -0.1) is 0 Å². The second kappa shape index (κ2) is 45.6. The van der Waals surface area contributed by atoms with Crippen LogP contribution < -0.4 is 97.4 Å². The van der Waals surface area contributed by atoms with Gasteiger partial charge in [-0.05, 0) is 81.3 Å². The van der Waals surface area contributed by atoms with Crippen LogP contribution in [-0.2, 0) is 106 Å². The van der Waals surface area contributed by atoms with Gasteiger partial charge in [0.2, 0.25) is 94.5 Å². The Labute approximate surface area is 644 Å². The Hall–Kier alpha value is -13.4. The van der Waals surface area contributed by atoms with Crippen molar-refractivity contribution in [2.45, 2.75) is 177 Å².